The van der Waals surface area contributed by atoms with Crippen molar-refractivity contribution in [3.63, 3.8) is 0 Å². The number of allylic oxidation sites excluding steroid dienone is 1. The average molecular weight is 974 g/mol. The standard InChI is InChI=1S/C53H63N7O11/c1-32(2)40(27-45(62)41(23-24-46(63)64)56-53(71)43(55-3)29-48(67)68)52(70)57-42(28-47(65)66)44(61)26-38(51(54)69)25-39-31-60(59-58-39)30-33-19-21-37(22-20-33)50(36-17-11-6-12-18-36)49(34-13-7-4-8-14-34)35-15-9-5-10-16-35/h4-22,31-32,38,40-43,49-50,55,58-59H,23-30H2,1-3H3,(H2,54,69)(H,56,71)(H,57,70)(H,63,64)(H,65,66)(H,67,68)/t38?,40-,41-,42?,43?,50?/m0/s1. The molecule has 4 aromatic carbocycles. The van der Waals surface area contributed by atoms with Crippen LogP contribution in [0.25, 0.3) is 0 Å². The number of carboxylic acid groups (broad SMARTS) is 3. The van der Waals surface area contributed by atoms with Crippen LogP contribution < -0.4 is 32.6 Å². The minimum absolute atomic E-state index is 0.00720. The van der Waals surface area contributed by atoms with Crippen molar-refractivity contribution in [1.82, 2.24) is 31.9 Å². The third kappa shape index (κ3) is 16.2. The van der Waals surface area contributed by atoms with Gasteiger partial charge in [-0.3, -0.25) is 43.4 Å². The van der Waals surface area contributed by atoms with Gasteiger partial charge in [-0.1, -0.05) is 129 Å². The van der Waals surface area contributed by atoms with Crippen molar-refractivity contribution >= 4 is 47.2 Å². The topological polar surface area (TPSA) is 287 Å². The first-order valence-electron chi connectivity index (χ1n) is 23.4. The summed E-state index contributed by atoms with van der Waals surface area (Å²) in [6.07, 6.45) is -1.74. The van der Waals surface area contributed by atoms with Crippen LogP contribution in [0.2, 0.25) is 0 Å². The number of nitrogens with two attached hydrogens (primary N) is 1. The fraction of sp³-hybridized carbons (Fsp3) is 0.358. The number of hydrogen-bond acceptors (Lipinski definition) is 12. The van der Waals surface area contributed by atoms with Gasteiger partial charge in [-0.05, 0) is 47.2 Å². The van der Waals surface area contributed by atoms with Gasteiger partial charge >= 0.3 is 17.9 Å². The van der Waals surface area contributed by atoms with Crippen molar-refractivity contribution in [3.8, 4) is 0 Å². The summed E-state index contributed by atoms with van der Waals surface area (Å²) in [5.74, 6) is -10.9. The van der Waals surface area contributed by atoms with E-state index in [1.54, 1.807) is 25.1 Å². The van der Waals surface area contributed by atoms with Crippen LogP contribution in [-0.4, -0.2) is 92.7 Å². The number of benzene rings is 4. The first kappa shape index (κ1) is 54.2. The summed E-state index contributed by atoms with van der Waals surface area (Å²) in [5.41, 5.74) is 18.0. The van der Waals surface area contributed by atoms with Gasteiger partial charge in [0.1, 0.15) is 0 Å². The molecule has 0 radical (unpaired) electrons. The lowest BCUT2D eigenvalue weighted by Crippen LogP contribution is -2.51. The van der Waals surface area contributed by atoms with Crippen LogP contribution in [0.15, 0.2) is 127 Å². The van der Waals surface area contributed by atoms with E-state index in [1.165, 1.54) is 23.7 Å². The minimum atomic E-state index is -1.62. The van der Waals surface area contributed by atoms with Gasteiger partial charge in [0.2, 0.25) is 17.7 Å². The summed E-state index contributed by atoms with van der Waals surface area (Å²) in [4.78, 5) is 101. The van der Waals surface area contributed by atoms with E-state index in [4.69, 9.17) is 5.73 Å². The molecular formula is C53H63N7O11. The van der Waals surface area contributed by atoms with E-state index < -0.39 is 115 Å². The van der Waals surface area contributed by atoms with Crippen LogP contribution in [0.4, 0.5) is 0 Å². The smallest absolute Gasteiger partial charge is 0.305 e. The fourth-order valence-electron chi connectivity index (χ4n) is 8.72. The lowest BCUT2D eigenvalue weighted by molar-refractivity contribution is -0.142. The molecule has 0 spiro atoms. The summed E-state index contributed by atoms with van der Waals surface area (Å²) >= 11 is 0. The Morgan fingerprint density at radius 3 is 1.54 bits per heavy atom. The predicted molar refractivity (Wildman–Crippen MR) is 262 cm³/mol. The molecule has 0 aliphatic carbocycles. The summed E-state index contributed by atoms with van der Waals surface area (Å²) in [6, 6.07) is 35.4. The molecule has 1 aliphatic rings. The second kappa shape index (κ2) is 26.3. The van der Waals surface area contributed by atoms with Gasteiger partial charge in [-0.25, -0.2) is 0 Å². The van der Waals surface area contributed by atoms with Gasteiger partial charge in [0, 0.05) is 55.3 Å². The molecule has 0 bridgehead atoms. The molecule has 18 nitrogen and oxygen atoms in total. The number of nitrogens with zero attached hydrogens (tertiary/aromatic N) is 1. The lowest BCUT2D eigenvalue weighted by Gasteiger charge is -2.29. The average Bonchev–Trinajstić information content (AvgIpc) is 3.79. The van der Waals surface area contributed by atoms with Crippen LogP contribution in [-0.2, 0) is 44.9 Å². The fourth-order valence-corrected chi connectivity index (χ4v) is 8.72. The Hall–Kier alpha value is -7.70. The first-order chi connectivity index (χ1) is 33.9. The van der Waals surface area contributed by atoms with Crippen LogP contribution in [0.5, 0.6) is 0 Å². The molecule has 376 valence electrons. The SMILES string of the molecule is CNC(CC(=O)O)C(=O)N[C@@H](CCC(=O)O)C(=O)C[C@H](C(=O)NC(CC(=O)O)C(=O)CC(CC1=CN(Cc2ccc(C(c3ccccc3)C(c3ccccc3)c3ccccc3)cc2)NN1)C(N)=O)C(C)C. The highest BCUT2D eigenvalue weighted by molar-refractivity contribution is 5.97. The largest absolute Gasteiger partial charge is 0.481 e. The third-order valence-electron chi connectivity index (χ3n) is 12.5. The highest BCUT2D eigenvalue weighted by Crippen LogP contribution is 2.43. The Bertz CT molecular complexity index is 2470. The number of likely N-dealkylation sites (N-methyl/N-ethyl adjacent to an activating group) is 1. The zero-order valence-corrected chi connectivity index (χ0v) is 40.0. The molecule has 4 unspecified atom stereocenters. The molecule has 18 heteroatoms. The number of ketones is 2. The summed E-state index contributed by atoms with van der Waals surface area (Å²) < 4.78 is 0. The Balaban J connectivity index is 1.26. The number of Topliss-reactive ketones (excluding diaryl/α,β-unsaturated/α-hetero) is 2. The molecule has 0 saturated heterocycles. The molecule has 5 rings (SSSR count). The van der Waals surface area contributed by atoms with Crippen LogP contribution in [0.3, 0.4) is 0 Å². The zero-order chi connectivity index (χ0) is 51.6. The second-order valence-electron chi connectivity index (χ2n) is 18.0. The number of amides is 3. The maximum atomic E-state index is 13.8. The van der Waals surface area contributed by atoms with Crippen LogP contribution >= 0.6 is 0 Å². The number of carbonyl (C=O) groups excluding carboxylic acids is 5. The number of primary amides is 1. The molecule has 10 N–H and O–H groups in total. The van der Waals surface area contributed by atoms with Crippen molar-refractivity contribution in [2.24, 2.45) is 23.5 Å². The molecule has 6 atom stereocenters. The molecule has 1 aliphatic heterocycles. The molecular weight excluding hydrogens is 911 g/mol. The highest BCUT2D eigenvalue weighted by Gasteiger charge is 2.36. The normalized spacial score (nSPS) is 14.8. The molecule has 0 fully saturated rings. The van der Waals surface area contributed by atoms with Crippen molar-refractivity contribution in [1.29, 1.82) is 0 Å². The highest BCUT2D eigenvalue weighted by atomic mass is 16.4. The summed E-state index contributed by atoms with van der Waals surface area (Å²) in [7, 11) is 1.34. The molecule has 1 heterocycles. The monoisotopic (exact) mass is 973 g/mol. The number of carbonyl (C=O) groups is 8. The number of nitrogens with one attached hydrogen (secondary N) is 5. The van der Waals surface area contributed by atoms with Gasteiger partial charge in [-0.2, -0.15) is 0 Å². The number of aliphatic carboxylic acids is 3. The molecule has 0 saturated carbocycles. The number of hydrogen-bond donors (Lipinski definition) is 9. The Labute approximate surface area is 412 Å². The van der Waals surface area contributed by atoms with Crippen molar-refractivity contribution in [2.45, 2.75) is 95.3 Å². The third-order valence-corrected chi connectivity index (χ3v) is 12.5. The van der Waals surface area contributed by atoms with Gasteiger partial charge in [0.15, 0.2) is 11.6 Å². The molecule has 3 amide bonds. The maximum absolute atomic E-state index is 13.8. The van der Waals surface area contributed by atoms with Gasteiger partial charge in [0.25, 0.3) is 0 Å². The molecule has 0 aromatic heterocycles. The first-order valence-corrected chi connectivity index (χ1v) is 23.4. The Kier molecular flexibility index (Phi) is 20.1. The summed E-state index contributed by atoms with van der Waals surface area (Å²) in [5, 5.41) is 37.4. The number of hydrazine groups is 2. The van der Waals surface area contributed by atoms with Crippen LogP contribution in [0, 0.1) is 17.8 Å². The van der Waals surface area contributed by atoms with Gasteiger partial charge in [0.05, 0.1) is 43.4 Å². The van der Waals surface area contributed by atoms with Crippen molar-refractivity contribution < 1.29 is 53.7 Å². The Morgan fingerprint density at radius 2 is 1.07 bits per heavy atom. The van der Waals surface area contributed by atoms with E-state index in [-0.39, 0.29) is 24.7 Å². The van der Waals surface area contributed by atoms with Crippen LogP contribution in [0.1, 0.15) is 98.4 Å². The molecule has 4 aromatic rings. The summed E-state index contributed by atoms with van der Waals surface area (Å²) in [6.45, 7) is 3.62. The quantitative estimate of drug-likeness (QED) is 0.0365. The van der Waals surface area contributed by atoms with E-state index in [2.05, 4.69) is 112 Å². The predicted octanol–water partition coefficient (Wildman–Crippen LogP) is 4.37. The zero-order valence-electron chi connectivity index (χ0n) is 40.0. The lowest BCUT2D eigenvalue weighted by atomic mass is 9.73. The molecule has 71 heavy (non-hydrogen) atoms. The second-order valence-corrected chi connectivity index (χ2v) is 18.0. The number of rotatable bonds is 29. The Morgan fingerprint density at radius 1 is 0.592 bits per heavy atom. The van der Waals surface area contributed by atoms with E-state index in [0.29, 0.717) is 12.2 Å². The van der Waals surface area contributed by atoms with Crippen molar-refractivity contribution in [2.75, 3.05) is 7.05 Å². The van der Waals surface area contributed by atoms with E-state index in [1.807, 2.05) is 30.3 Å². The van der Waals surface area contributed by atoms with Gasteiger partial charge < -0.3 is 42.4 Å². The van der Waals surface area contributed by atoms with E-state index in [0.717, 1.165) is 11.1 Å². The minimum Gasteiger partial charge on any atom is -0.481 e. The van der Waals surface area contributed by atoms with E-state index >= 15 is 0 Å². The number of carboxylic acids is 3. The maximum Gasteiger partial charge on any atom is 0.305 e. The van der Waals surface area contributed by atoms with Crippen molar-refractivity contribution in [3.05, 3.63) is 155 Å². The van der Waals surface area contributed by atoms with E-state index in [9.17, 15) is 53.7 Å². The van der Waals surface area contributed by atoms with Gasteiger partial charge in [-0.15, -0.1) is 5.53 Å².